The largest absolute Gasteiger partial charge is 0.321 e. The highest BCUT2D eigenvalue weighted by atomic mass is 79.9. The smallest absolute Gasteiger partial charge is 0.276 e. The predicted molar refractivity (Wildman–Crippen MR) is 84.5 cm³/mol. The number of halogens is 1. The summed E-state index contributed by atoms with van der Waals surface area (Å²) in [5.41, 5.74) is 0.515. The molecule has 3 rings (SSSR count). The molecule has 0 aliphatic carbocycles. The molecule has 0 spiro atoms. The standard InChI is InChI=1S/C15H10BrN3O2/c16-9-4-3-5-10(8-9)17-15(21)13-11-6-1-2-7-12(11)14(20)19-18-13/h1-8H,(H,17,21)(H,19,20). The minimum Gasteiger partial charge on any atom is -0.321 e. The molecule has 1 heterocycles. The van der Waals surface area contributed by atoms with Gasteiger partial charge in [-0.2, -0.15) is 5.10 Å². The van der Waals surface area contributed by atoms with Crippen molar-refractivity contribution in [2.45, 2.75) is 0 Å². The Morgan fingerprint density at radius 1 is 1.10 bits per heavy atom. The van der Waals surface area contributed by atoms with E-state index in [1.165, 1.54) is 0 Å². The van der Waals surface area contributed by atoms with Crippen LogP contribution in [0, 0.1) is 0 Å². The third-order valence-corrected chi connectivity index (χ3v) is 3.49. The summed E-state index contributed by atoms with van der Waals surface area (Å²) >= 11 is 3.34. The van der Waals surface area contributed by atoms with Gasteiger partial charge in [0.2, 0.25) is 0 Å². The number of aromatic amines is 1. The van der Waals surface area contributed by atoms with Crippen LogP contribution in [0.1, 0.15) is 10.5 Å². The van der Waals surface area contributed by atoms with E-state index in [-0.39, 0.29) is 17.2 Å². The van der Waals surface area contributed by atoms with Gasteiger partial charge in [-0.3, -0.25) is 9.59 Å². The van der Waals surface area contributed by atoms with Gasteiger partial charge in [-0.1, -0.05) is 40.2 Å². The molecule has 2 aromatic carbocycles. The van der Waals surface area contributed by atoms with Crippen LogP contribution in [-0.2, 0) is 0 Å². The summed E-state index contributed by atoms with van der Waals surface area (Å²) in [5.74, 6) is -0.374. The summed E-state index contributed by atoms with van der Waals surface area (Å²) in [6.07, 6.45) is 0. The first-order valence-electron chi connectivity index (χ1n) is 6.19. The van der Waals surface area contributed by atoms with Gasteiger partial charge in [0.1, 0.15) is 0 Å². The lowest BCUT2D eigenvalue weighted by Crippen LogP contribution is -2.19. The summed E-state index contributed by atoms with van der Waals surface area (Å²) in [6, 6.07) is 14.1. The lowest BCUT2D eigenvalue weighted by molar-refractivity contribution is 0.102. The number of carbonyl (C=O) groups is 1. The number of nitrogens with zero attached hydrogens (tertiary/aromatic N) is 1. The number of hydrogen-bond donors (Lipinski definition) is 2. The molecule has 0 saturated heterocycles. The molecular weight excluding hydrogens is 334 g/mol. The maximum absolute atomic E-state index is 12.3. The summed E-state index contributed by atoms with van der Waals surface area (Å²) in [6.45, 7) is 0. The molecule has 0 unspecified atom stereocenters. The Morgan fingerprint density at radius 3 is 2.62 bits per heavy atom. The molecule has 5 nitrogen and oxygen atoms in total. The van der Waals surface area contributed by atoms with Crippen LogP contribution in [0.4, 0.5) is 5.69 Å². The summed E-state index contributed by atoms with van der Waals surface area (Å²) < 4.78 is 0.861. The van der Waals surface area contributed by atoms with Crippen molar-refractivity contribution in [1.29, 1.82) is 0 Å². The number of fused-ring (bicyclic) bond motifs is 1. The molecule has 3 aromatic rings. The predicted octanol–water partition coefficient (Wildman–Crippen LogP) is 2.94. The molecule has 0 radical (unpaired) electrons. The first-order chi connectivity index (χ1) is 10.1. The van der Waals surface area contributed by atoms with E-state index in [1.807, 2.05) is 12.1 Å². The molecular formula is C15H10BrN3O2. The molecule has 21 heavy (non-hydrogen) atoms. The highest BCUT2D eigenvalue weighted by Crippen LogP contribution is 2.18. The normalized spacial score (nSPS) is 10.5. The topological polar surface area (TPSA) is 74.8 Å². The lowest BCUT2D eigenvalue weighted by atomic mass is 10.1. The molecule has 0 aliphatic heterocycles. The van der Waals surface area contributed by atoms with Crippen molar-refractivity contribution in [3.63, 3.8) is 0 Å². The van der Waals surface area contributed by atoms with E-state index in [0.717, 1.165) is 4.47 Å². The molecule has 104 valence electrons. The molecule has 2 N–H and O–H groups in total. The van der Waals surface area contributed by atoms with Gasteiger partial charge in [0, 0.05) is 15.5 Å². The van der Waals surface area contributed by atoms with E-state index in [9.17, 15) is 9.59 Å². The van der Waals surface area contributed by atoms with Gasteiger partial charge in [0.05, 0.1) is 5.39 Å². The first-order valence-corrected chi connectivity index (χ1v) is 6.99. The minimum absolute atomic E-state index is 0.185. The zero-order valence-corrected chi connectivity index (χ0v) is 12.3. The monoisotopic (exact) mass is 343 g/mol. The van der Waals surface area contributed by atoms with E-state index in [1.54, 1.807) is 36.4 Å². The van der Waals surface area contributed by atoms with Crippen LogP contribution >= 0.6 is 15.9 Å². The van der Waals surface area contributed by atoms with Crippen LogP contribution < -0.4 is 10.9 Å². The van der Waals surface area contributed by atoms with Gasteiger partial charge in [0.25, 0.3) is 11.5 Å². The summed E-state index contributed by atoms with van der Waals surface area (Å²) in [7, 11) is 0. The molecule has 1 aromatic heterocycles. The molecule has 0 saturated carbocycles. The van der Waals surface area contributed by atoms with Crippen molar-refractivity contribution >= 4 is 38.3 Å². The van der Waals surface area contributed by atoms with Crippen molar-refractivity contribution in [2.24, 2.45) is 0 Å². The number of anilines is 1. The number of nitrogens with one attached hydrogen (secondary N) is 2. The van der Waals surface area contributed by atoms with E-state index in [0.29, 0.717) is 16.5 Å². The number of hydrogen-bond acceptors (Lipinski definition) is 3. The second-order valence-electron chi connectivity index (χ2n) is 4.41. The Bertz CT molecular complexity index is 889. The third-order valence-electron chi connectivity index (χ3n) is 2.99. The molecule has 0 fully saturated rings. The van der Waals surface area contributed by atoms with Gasteiger partial charge < -0.3 is 5.32 Å². The van der Waals surface area contributed by atoms with E-state index >= 15 is 0 Å². The van der Waals surface area contributed by atoms with Crippen LogP contribution in [0.25, 0.3) is 10.8 Å². The number of benzene rings is 2. The number of H-pyrrole nitrogens is 1. The van der Waals surface area contributed by atoms with Gasteiger partial charge in [-0.05, 0) is 24.3 Å². The average molecular weight is 344 g/mol. The number of carbonyl (C=O) groups excluding carboxylic acids is 1. The zero-order chi connectivity index (χ0) is 14.8. The van der Waals surface area contributed by atoms with Gasteiger partial charge in [0.15, 0.2) is 5.69 Å². The Kier molecular flexibility index (Phi) is 3.53. The highest BCUT2D eigenvalue weighted by Gasteiger charge is 2.14. The van der Waals surface area contributed by atoms with E-state index in [2.05, 4.69) is 31.4 Å². The van der Waals surface area contributed by atoms with Gasteiger partial charge >= 0.3 is 0 Å². The molecule has 1 amide bonds. The van der Waals surface area contributed by atoms with E-state index in [4.69, 9.17) is 0 Å². The summed E-state index contributed by atoms with van der Waals surface area (Å²) in [5, 5.41) is 9.93. The van der Waals surface area contributed by atoms with E-state index < -0.39 is 0 Å². The quantitative estimate of drug-likeness (QED) is 0.751. The van der Waals surface area contributed by atoms with Gasteiger partial charge in [-0.15, -0.1) is 0 Å². The molecule has 0 bridgehead atoms. The van der Waals surface area contributed by atoms with Crippen molar-refractivity contribution in [2.75, 3.05) is 5.32 Å². The Balaban J connectivity index is 2.03. The number of aromatic nitrogens is 2. The molecule has 0 aliphatic rings. The highest BCUT2D eigenvalue weighted by molar-refractivity contribution is 9.10. The maximum Gasteiger partial charge on any atom is 0.276 e. The van der Waals surface area contributed by atoms with Crippen molar-refractivity contribution < 1.29 is 4.79 Å². The van der Waals surface area contributed by atoms with Crippen LogP contribution in [0.3, 0.4) is 0 Å². The third kappa shape index (κ3) is 2.71. The molecule has 6 heteroatoms. The fourth-order valence-electron chi connectivity index (χ4n) is 2.04. The zero-order valence-electron chi connectivity index (χ0n) is 10.8. The Labute approximate surface area is 128 Å². The number of rotatable bonds is 2. The van der Waals surface area contributed by atoms with Crippen LogP contribution in [0.2, 0.25) is 0 Å². The Hall–Kier alpha value is -2.47. The van der Waals surface area contributed by atoms with Crippen LogP contribution in [0.15, 0.2) is 57.8 Å². The maximum atomic E-state index is 12.3. The first kappa shape index (κ1) is 13.5. The second-order valence-corrected chi connectivity index (χ2v) is 5.33. The Morgan fingerprint density at radius 2 is 1.86 bits per heavy atom. The van der Waals surface area contributed by atoms with Crippen molar-refractivity contribution in [3.8, 4) is 0 Å². The second kappa shape index (κ2) is 5.49. The average Bonchev–Trinajstić information content (AvgIpc) is 2.48. The SMILES string of the molecule is O=C(Nc1cccc(Br)c1)c1n[nH]c(=O)c2ccccc12. The fraction of sp³-hybridized carbons (Fsp3) is 0. The van der Waals surface area contributed by atoms with Gasteiger partial charge in [-0.25, -0.2) is 5.10 Å². The van der Waals surface area contributed by atoms with Crippen molar-refractivity contribution in [1.82, 2.24) is 10.2 Å². The fourth-order valence-corrected chi connectivity index (χ4v) is 2.44. The summed E-state index contributed by atoms with van der Waals surface area (Å²) in [4.78, 5) is 24.0. The minimum atomic E-state index is -0.374. The molecule has 0 atom stereocenters. The van der Waals surface area contributed by atoms with Crippen molar-refractivity contribution in [3.05, 3.63) is 69.1 Å². The lowest BCUT2D eigenvalue weighted by Gasteiger charge is -2.07. The number of amides is 1. The van der Waals surface area contributed by atoms with Crippen LogP contribution in [0.5, 0.6) is 0 Å². The van der Waals surface area contributed by atoms with Crippen LogP contribution in [-0.4, -0.2) is 16.1 Å².